The second kappa shape index (κ2) is 8.88. The predicted molar refractivity (Wildman–Crippen MR) is 132 cm³/mol. The van der Waals surface area contributed by atoms with Crippen molar-refractivity contribution in [3.05, 3.63) is 65.4 Å². The summed E-state index contributed by atoms with van der Waals surface area (Å²) in [6.45, 7) is 7.98. The van der Waals surface area contributed by atoms with E-state index in [1.807, 2.05) is 26.0 Å². The molecule has 3 aromatic rings. The Morgan fingerprint density at radius 1 is 1.06 bits per heavy atom. The summed E-state index contributed by atoms with van der Waals surface area (Å²) in [4.78, 5) is 25.1. The molecule has 0 atom stereocenters. The van der Waals surface area contributed by atoms with Gasteiger partial charge in [0.2, 0.25) is 5.95 Å². The van der Waals surface area contributed by atoms with Crippen LogP contribution in [0.4, 0.5) is 26.1 Å². The third-order valence-electron chi connectivity index (χ3n) is 6.71. The maximum Gasteiger partial charge on any atom is 0.251 e. The molecule has 1 amide bonds. The van der Waals surface area contributed by atoms with E-state index in [-0.39, 0.29) is 28.8 Å². The number of nitrogens with zero attached hydrogens (tertiary/aromatic N) is 4. The van der Waals surface area contributed by atoms with Crippen LogP contribution in [0.2, 0.25) is 0 Å². The highest BCUT2D eigenvalue weighted by Crippen LogP contribution is 2.34. The van der Waals surface area contributed by atoms with Gasteiger partial charge < -0.3 is 20.4 Å². The first-order chi connectivity index (χ1) is 16.7. The van der Waals surface area contributed by atoms with Crippen molar-refractivity contribution in [2.75, 3.05) is 50.0 Å². The summed E-state index contributed by atoms with van der Waals surface area (Å²) >= 11 is 0. The van der Waals surface area contributed by atoms with Gasteiger partial charge in [0.25, 0.3) is 5.91 Å². The Balaban J connectivity index is 1.45. The van der Waals surface area contributed by atoms with E-state index in [9.17, 15) is 13.6 Å². The standard InChI is InChI=1S/C26H28F2N6O/c1-26(2)15-30-24(35)20-5-4-16(10-21(20)26)23-22(28)14-29-25(32-23)31-18-11-17(27)12-19(13-18)34-8-6-33(3)7-9-34/h4-5,10-14H,6-9,15H2,1-3H3,(H,30,35)(H,29,31,32). The Bertz CT molecular complexity index is 1290. The second-order valence-electron chi connectivity index (χ2n) is 9.83. The van der Waals surface area contributed by atoms with Crippen molar-refractivity contribution in [3.63, 3.8) is 0 Å². The lowest BCUT2D eigenvalue weighted by Crippen LogP contribution is -2.44. The molecule has 0 radical (unpaired) electrons. The molecule has 1 fully saturated rings. The number of aromatic nitrogens is 2. The smallest absolute Gasteiger partial charge is 0.251 e. The average Bonchev–Trinajstić information content (AvgIpc) is 2.83. The molecule has 5 rings (SSSR count). The van der Waals surface area contributed by atoms with Crippen LogP contribution >= 0.6 is 0 Å². The number of carbonyl (C=O) groups is 1. The van der Waals surface area contributed by atoms with Crippen LogP contribution in [0.3, 0.4) is 0 Å². The number of piperazine rings is 1. The van der Waals surface area contributed by atoms with E-state index in [0.29, 0.717) is 23.4 Å². The highest BCUT2D eigenvalue weighted by molar-refractivity contribution is 5.98. The summed E-state index contributed by atoms with van der Waals surface area (Å²) in [7, 11) is 2.07. The number of rotatable bonds is 4. The van der Waals surface area contributed by atoms with Crippen molar-refractivity contribution < 1.29 is 13.6 Å². The molecule has 2 aliphatic heterocycles. The molecule has 7 nitrogen and oxygen atoms in total. The fourth-order valence-electron chi connectivity index (χ4n) is 4.59. The molecule has 1 saturated heterocycles. The number of benzene rings is 2. The molecule has 2 aliphatic rings. The first kappa shape index (κ1) is 23.2. The molecule has 9 heteroatoms. The number of hydrogen-bond acceptors (Lipinski definition) is 6. The quantitative estimate of drug-likeness (QED) is 0.592. The Labute approximate surface area is 203 Å². The van der Waals surface area contributed by atoms with Gasteiger partial charge in [-0.25, -0.2) is 18.7 Å². The van der Waals surface area contributed by atoms with Crippen LogP contribution in [-0.2, 0) is 5.41 Å². The normalized spacial score (nSPS) is 17.6. The topological polar surface area (TPSA) is 73.4 Å². The van der Waals surface area contributed by atoms with E-state index >= 15 is 0 Å². The summed E-state index contributed by atoms with van der Waals surface area (Å²) in [5, 5.41) is 5.91. The molecule has 2 N–H and O–H groups in total. The van der Waals surface area contributed by atoms with Crippen LogP contribution in [-0.4, -0.2) is 60.5 Å². The molecule has 2 aromatic carbocycles. The molecule has 0 spiro atoms. The van der Waals surface area contributed by atoms with E-state index in [2.05, 4.69) is 37.4 Å². The zero-order valence-corrected chi connectivity index (χ0v) is 20.0. The molecule has 0 saturated carbocycles. The van der Waals surface area contributed by atoms with Crippen molar-refractivity contribution in [1.29, 1.82) is 0 Å². The minimum absolute atomic E-state index is 0.114. The van der Waals surface area contributed by atoms with E-state index < -0.39 is 5.82 Å². The lowest BCUT2D eigenvalue weighted by atomic mass is 9.78. The lowest BCUT2D eigenvalue weighted by Gasteiger charge is -2.34. The van der Waals surface area contributed by atoms with E-state index in [0.717, 1.165) is 43.6 Å². The highest BCUT2D eigenvalue weighted by atomic mass is 19.1. The number of nitrogens with one attached hydrogen (secondary N) is 2. The fraction of sp³-hybridized carbons (Fsp3) is 0.346. The van der Waals surface area contributed by atoms with Gasteiger partial charge in [-0.3, -0.25) is 4.79 Å². The highest BCUT2D eigenvalue weighted by Gasteiger charge is 2.32. The molecule has 0 unspecified atom stereocenters. The number of halogens is 2. The summed E-state index contributed by atoms with van der Waals surface area (Å²) < 4.78 is 29.2. The van der Waals surface area contributed by atoms with Crippen molar-refractivity contribution in [3.8, 4) is 11.3 Å². The minimum atomic E-state index is -0.578. The van der Waals surface area contributed by atoms with E-state index in [1.165, 1.54) is 12.1 Å². The Hall–Kier alpha value is -3.59. The number of anilines is 3. The molecule has 0 aliphatic carbocycles. The summed E-state index contributed by atoms with van der Waals surface area (Å²) in [6.07, 6.45) is 1.10. The average molecular weight is 479 g/mol. The molecule has 35 heavy (non-hydrogen) atoms. The predicted octanol–water partition coefficient (Wildman–Crippen LogP) is 3.94. The molecular formula is C26H28F2N6O. The molecule has 3 heterocycles. The maximum absolute atomic E-state index is 14.8. The number of fused-ring (bicyclic) bond motifs is 1. The van der Waals surface area contributed by atoms with Crippen LogP contribution in [0.15, 0.2) is 42.6 Å². The zero-order chi connectivity index (χ0) is 24.7. The zero-order valence-electron chi connectivity index (χ0n) is 20.0. The SMILES string of the molecule is CN1CCN(c2cc(F)cc(Nc3ncc(F)c(-c4ccc5c(c4)C(C)(C)CNC5=O)n3)c2)CC1. The van der Waals surface area contributed by atoms with Crippen LogP contribution < -0.4 is 15.5 Å². The van der Waals surface area contributed by atoms with Crippen LogP contribution in [0.5, 0.6) is 0 Å². The van der Waals surface area contributed by atoms with Gasteiger partial charge in [0.05, 0.1) is 6.20 Å². The lowest BCUT2D eigenvalue weighted by molar-refractivity contribution is 0.0930. The van der Waals surface area contributed by atoms with Gasteiger partial charge in [-0.2, -0.15) is 0 Å². The summed E-state index contributed by atoms with van der Waals surface area (Å²) in [6, 6.07) is 9.93. The Kier molecular flexibility index (Phi) is 5.88. The maximum atomic E-state index is 14.8. The van der Waals surface area contributed by atoms with Crippen LogP contribution in [0.1, 0.15) is 29.8 Å². The monoisotopic (exact) mass is 478 g/mol. The van der Waals surface area contributed by atoms with Crippen molar-refractivity contribution >= 4 is 23.2 Å². The fourth-order valence-corrected chi connectivity index (χ4v) is 4.59. The van der Waals surface area contributed by atoms with Gasteiger partial charge in [-0.1, -0.05) is 19.9 Å². The van der Waals surface area contributed by atoms with Crippen molar-refractivity contribution in [2.45, 2.75) is 19.3 Å². The van der Waals surface area contributed by atoms with E-state index in [4.69, 9.17) is 0 Å². The van der Waals surface area contributed by atoms with Crippen molar-refractivity contribution in [1.82, 2.24) is 20.2 Å². The van der Waals surface area contributed by atoms with E-state index in [1.54, 1.807) is 12.1 Å². The van der Waals surface area contributed by atoms with Crippen molar-refractivity contribution in [2.24, 2.45) is 0 Å². The summed E-state index contributed by atoms with van der Waals surface area (Å²) in [5.41, 5.74) is 3.04. The number of hydrogen-bond donors (Lipinski definition) is 2. The summed E-state index contributed by atoms with van der Waals surface area (Å²) in [5.74, 6) is -0.933. The minimum Gasteiger partial charge on any atom is -0.369 e. The van der Waals surface area contributed by atoms with Crippen LogP contribution in [0, 0.1) is 11.6 Å². The molecule has 1 aromatic heterocycles. The third-order valence-corrected chi connectivity index (χ3v) is 6.71. The van der Waals surface area contributed by atoms with Gasteiger partial charge in [0, 0.05) is 60.6 Å². The first-order valence-corrected chi connectivity index (χ1v) is 11.7. The van der Waals surface area contributed by atoms with Crippen LogP contribution in [0.25, 0.3) is 11.3 Å². The van der Waals surface area contributed by atoms with Gasteiger partial charge in [0.1, 0.15) is 11.5 Å². The molecular weight excluding hydrogens is 450 g/mol. The molecule has 182 valence electrons. The van der Waals surface area contributed by atoms with Gasteiger partial charge in [0.15, 0.2) is 5.82 Å². The third kappa shape index (κ3) is 4.68. The number of carbonyl (C=O) groups excluding carboxylic acids is 1. The number of amides is 1. The Morgan fingerprint density at radius 2 is 1.83 bits per heavy atom. The second-order valence-corrected chi connectivity index (χ2v) is 9.83. The van der Waals surface area contributed by atoms with Gasteiger partial charge in [-0.05, 0) is 42.9 Å². The van der Waals surface area contributed by atoms with Gasteiger partial charge in [-0.15, -0.1) is 0 Å². The Morgan fingerprint density at radius 3 is 2.60 bits per heavy atom. The number of likely N-dealkylation sites (N-methyl/N-ethyl adjacent to an activating group) is 1. The molecule has 0 bridgehead atoms. The van der Waals surface area contributed by atoms with Gasteiger partial charge >= 0.3 is 0 Å². The first-order valence-electron chi connectivity index (χ1n) is 11.7. The largest absolute Gasteiger partial charge is 0.369 e.